The summed E-state index contributed by atoms with van der Waals surface area (Å²) in [5.41, 5.74) is 1.48. The number of hydrogen-bond donors (Lipinski definition) is 0. The molecule has 0 bridgehead atoms. The summed E-state index contributed by atoms with van der Waals surface area (Å²) in [7, 11) is 3.08. The molecule has 0 spiro atoms. The third kappa shape index (κ3) is 2.53. The van der Waals surface area contributed by atoms with Crippen LogP contribution < -0.4 is 0 Å². The van der Waals surface area contributed by atoms with Gasteiger partial charge >= 0.3 is 12.0 Å². The van der Waals surface area contributed by atoms with Crippen molar-refractivity contribution in [2.75, 3.05) is 20.6 Å². The van der Waals surface area contributed by atoms with Crippen LogP contribution in [-0.2, 0) is 4.79 Å². The number of fused-ring (bicyclic) bond motifs is 2. The maximum atomic E-state index is 13.3. The Labute approximate surface area is 155 Å². The number of benzene rings is 1. The molecule has 1 saturated heterocycles. The van der Waals surface area contributed by atoms with Crippen LogP contribution in [0.4, 0.5) is 9.18 Å². The molecule has 27 heavy (non-hydrogen) atoms. The highest BCUT2D eigenvalue weighted by Crippen LogP contribution is 2.24. The van der Waals surface area contributed by atoms with E-state index in [0.29, 0.717) is 24.1 Å². The molecular weight excluding hydrogens is 351 g/mol. The zero-order valence-electron chi connectivity index (χ0n) is 15.5. The number of aliphatic imine (C=N–C) groups is 1. The second-order valence-corrected chi connectivity index (χ2v) is 7.03. The fourth-order valence-electron chi connectivity index (χ4n) is 3.44. The largest absolute Gasteiger partial charge is 0.417 e. The van der Waals surface area contributed by atoms with E-state index in [2.05, 4.69) is 10.1 Å². The smallest absolute Gasteiger partial charge is 0.270 e. The number of urea groups is 1. The Kier molecular flexibility index (Phi) is 3.83. The lowest BCUT2D eigenvalue weighted by Gasteiger charge is -2.32. The van der Waals surface area contributed by atoms with Crippen LogP contribution in [-0.4, -0.2) is 81.6 Å². The van der Waals surface area contributed by atoms with Crippen molar-refractivity contribution >= 4 is 29.4 Å². The molecule has 1 aromatic carbocycles. The molecule has 1 atom stereocenters. The number of amides is 3. The van der Waals surface area contributed by atoms with Gasteiger partial charge in [0.05, 0.1) is 6.04 Å². The van der Waals surface area contributed by atoms with Crippen molar-refractivity contribution in [3.63, 3.8) is 0 Å². The van der Waals surface area contributed by atoms with Crippen LogP contribution in [0.2, 0.25) is 0 Å². The van der Waals surface area contributed by atoms with E-state index in [1.165, 1.54) is 24.1 Å². The van der Waals surface area contributed by atoms with Gasteiger partial charge < -0.3 is 0 Å². The first kappa shape index (κ1) is 17.3. The van der Waals surface area contributed by atoms with Crippen molar-refractivity contribution in [3.8, 4) is 0 Å². The number of hydrazone groups is 1. The lowest BCUT2D eigenvalue weighted by atomic mass is 10.1. The molecule has 8 nitrogen and oxygen atoms in total. The highest BCUT2D eigenvalue weighted by Gasteiger charge is 2.54. The second-order valence-electron chi connectivity index (χ2n) is 7.03. The molecule has 3 heterocycles. The Hall–Kier alpha value is -3.10. The molecule has 0 aliphatic carbocycles. The SMILES string of the molecule is CC(C)N1N=C(c2ccc(F)cc2)C[N+]2=C1N=C1C2C(=O)N(C)C(=O)N1C. The quantitative estimate of drug-likeness (QED) is 0.726. The number of halogens is 1. The van der Waals surface area contributed by atoms with Crippen molar-refractivity contribution in [1.29, 1.82) is 0 Å². The molecule has 0 radical (unpaired) electrons. The number of carbonyl (C=O) groups is 2. The molecule has 0 N–H and O–H groups in total. The van der Waals surface area contributed by atoms with Gasteiger partial charge in [0.15, 0.2) is 0 Å². The van der Waals surface area contributed by atoms with E-state index in [4.69, 9.17) is 0 Å². The van der Waals surface area contributed by atoms with Gasteiger partial charge in [0.1, 0.15) is 18.1 Å². The van der Waals surface area contributed by atoms with Gasteiger partial charge in [-0.3, -0.25) is 14.6 Å². The topological polar surface area (TPSA) is 71.6 Å². The molecule has 9 heteroatoms. The number of carbonyl (C=O) groups excluding carboxylic acids is 2. The van der Waals surface area contributed by atoms with Gasteiger partial charge in [-0.1, -0.05) is 17.1 Å². The van der Waals surface area contributed by atoms with Crippen molar-refractivity contribution in [3.05, 3.63) is 35.6 Å². The van der Waals surface area contributed by atoms with E-state index >= 15 is 0 Å². The summed E-state index contributed by atoms with van der Waals surface area (Å²) in [5.74, 6) is 0.300. The first-order valence-corrected chi connectivity index (χ1v) is 8.69. The first-order chi connectivity index (χ1) is 12.8. The van der Waals surface area contributed by atoms with Crippen LogP contribution in [0.25, 0.3) is 0 Å². The summed E-state index contributed by atoms with van der Waals surface area (Å²) in [6, 6.07) is 4.99. The van der Waals surface area contributed by atoms with Crippen molar-refractivity contribution in [2.24, 2.45) is 10.1 Å². The van der Waals surface area contributed by atoms with Gasteiger partial charge in [0.2, 0.25) is 11.9 Å². The number of rotatable bonds is 2. The molecule has 3 amide bonds. The molecular formula is C18H20FN6O2+. The van der Waals surface area contributed by atoms with Crippen LogP contribution in [0.3, 0.4) is 0 Å². The van der Waals surface area contributed by atoms with Gasteiger partial charge in [0.25, 0.3) is 5.91 Å². The Balaban J connectivity index is 1.78. The van der Waals surface area contributed by atoms with E-state index in [0.717, 1.165) is 10.5 Å². The molecule has 1 fully saturated rings. The number of hydrogen-bond acceptors (Lipinski definition) is 5. The standard InChI is InChI=1S/C18H20FN6O2/c1-10(2)25-17-20-15-14(16(26)23(4)18(27)22(15)3)24(17)9-13(21-25)11-5-7-12(19)8-6-11/h5-8,10,14H,9H2,1-4H3/q+1. The average Bonchev–Trinajstić information content (AvgIpc) is 3.04. The lowest BCUT2D eigenvalue weighted by molar-refractivity contribution is -0.527. The zero-order chi connectivity index (χ0) is 19.5. The molecule has 140 valence electrons. The summed E-state index contributed by atoms with van der Waals surface area (Å²) in [6.07, 6.45) is 0. The predicted molar refractivity (Wildman–Crippen MR) is 97.2 cm³/mol. The van der Waals surface area contributed by atoms with Crippen LogP contribution in [0, 0.1) is 5.82 Å². The molecule has 4 rings (SSSR count). The molecule has 3 aliphatic heterocycles. The Morgan fingerprint density at radius 1 is 1.15 bits per heavy atom. The molecule has 1 unspecified atom stereocenters. The summed E-state index contributed by atoms with van der Waals surface area (Å²) < 4.78 is 15.1. The molecule has 1 aromatic rings. The summed E-state index contributed by atoms with van der Waals surface area (Å²) in [5, 5.41) is 6.42. The van der Waals surface area contributed by atoms with Crippen molar-refractivity contribution in [2.45, 2.75) is 25.9 Å². The first-order valence-electron chi connectivity index (χ1n) is 8.69. The van der Waals surface area contributed by atoms with Gasteiger partial charge in [-0.25, -0.2) is 13.8 Å². The number of imide groups is 1. The fraction of sp³-hybridized carbons (Fsp3) is 0.389. The highest BCUT2D eigenvalue weighted by molar-refractivity contribution is 6.23. The molecule has 0 saturated carbocycles. The van der Waals surface area contributed by atoms with Crippen LogP contribution >= 0.6 is 0 Å². The van der Waals surface area contributed by atoms with Gasteiger partial charge in [-0.15, -0.1) is 10.1 Å². The third-order valence-electron chi connectivity index (χ3n) is 4.93. The Morgan fingerprint density at radius 3 is 2.44 bits per heavy atom. The normalized spacial score (nSPS) is 22.3. The monoisotopic (exact) mass is 371 g/mol. The van der Waals surface area contributed by atoms with Crippen LogP contribution in [0.1, 0.15) is 19.4 Å². The van der Waals surface area contributed by atoms with Gasteiger partial charge in [0, 0.05) is 19.7 Å². The number of nitrogens with zero attached hydrogens (tertiary/aromatic N) is 6. The zero-order valence-corrected chi connectivity index (χ0v) is 15.5. The molecule has 0 aromatic heterocycles. The minimum Gasteiger partial charge on any atom is -0.270 e. The van der Waals surface area contributed by atoms with E-state index in [-0.39, 0.29) is 17.8 Å². The second kappa shape index (κ2) is 5.97. The summed E-state index contributed by atoms with van der Waals surface area (Å²) >= 11 is 0. The van der Waals surface area contributed by atoms with Crippen LogP contribution in [0.15, 0.2) is 34.4 Å². The van der Waals surface area contributed by atoms with Gasteiger partial charge in [-0.05, 0) is 26.0 Å². The fourth-order valence-corrected chi connectivity index (χ4v) is 3.44. The van der Waals surface area contributed by atoms with E-state index in [1.807, 2.05) is 18.4 Å². The van der Waals surface area contributed by atoms with Crippen LogP contribution in [0.5, 0.6) is 0 Å². The number of likely N-dealkylation sites (N-methyl/N-ethyl adjacent to an activating group) is 2. The Morgan fingerprint density at radius 2 is 1.81 bits per heavy atom. The highest BCUT2D eigenvalue weighted by atomic mass is 19.1. The van der Waals surface area contributed by atoms with E-state index in [1.54, 1.807) is 24.2 Å². The van der Waals surface area contributed by atoms with E-state index in [9.17, 15) is 14.0 Å². The minimum atomic E-state index is -0.681. The minimum absolute atomic E-state index is 0.0170. The number of guanidine groups is 1. The predicted octanol–water partition coefficient (Wildman–Crippen LogP) is 0.927. The summed E-state index contributed by atoms with van der Waals surface area (Å²) in [6.45, 7) is 4.27. The number of amidine groups is 1. The maximum Gasteiger partial charge on any atom is 0.417 e. The van der Waals surface area contributed by atoms with Crippen molar-refractivity contribution < 1.29 is 18.6 Å². The van der Waals surface area contributed by atoms with Crippen molar-refractivity contribution in [1.82, 2.24) is 14.8 Å². The third-order valence-corrected chi connectivity index (χ3v) is 4.93. The lowest BCUT2D eigenvalue weighted by Crippen LogP contribution is -2.62. The average molecular weight is 371 g/mol. The van der Waals surface area contributed by atoms with Gasteiger partial charge in [-0.2, -0.15) is 0 Å². The Bertz CT molecular complexity index is 934. The summed E-state index contributed by atoms with van der Waals surface area (Å²) in [4.78, 5) is 32.2. The maximum absolute atomic E-state index is 13.3. The molecule has 3 aliphatic rings. The van der Waals surface area contributed by atoms with E-state index < -0.39 is 12.1 Å².